The first-order chi connectivity index (χ1) is 12.7. The fourth-order valence-corrected chi connectivity index (χ4v) is 4.53. The van der Waals surface area contributed by atoms with E-state index in [0.29, 0.717) is 0 Å². The van der Waals surface area contributed by atoms with E-state index < -0.39 is 5.66 Å². The Bertz CT molecular complexity index is 998. The van der Waals surface area contributed by atoms with Crippen LogP contribution in [-0.2, 0) is 12.1 Å². The molecule has 0 unspecified atom stereocenters. The van der Waals surface area contributed by atoms with Crippen molar-refractivity contribution in [1.29, 1.82) is 0 Å². The quantitative estimate of drug-likeness (QED) is 0.640. The van der Waals surface area contributed by atoms with E-state index in [2.05, 4.69) is 66.4 Å². The molecule has 0 aromatic heterocycles. The lowest BCUT2D eigenvalue weighted by molar-refractivity contribution is 0.0448. The second-order valence-electron chi connectivity index (χ2n) is 7.07. The van der Waals surface area contributed by atoms with Gasteiger partial charge in [0.2, 0.25) is 0 Å². The fraction of sp³-hybridized carbons (Fsp3) is 0.174. The van der Waals surface area contributed by atoms with Gasteiger partial charge >= 0.3 is 0 Å². The molecule has 0 fully saturated rings. The maximum atomic E-state index is 13.3. The van der Waals surface area contributed by atoms with Crippen LogP contribution < -0.4 is 4.90 Å². The molecular weight excluding hydrogens is 320 g/mol. The minimum Gasteiger partial charge on any atom is -0.313 e. The van der Waals surface area contributed by atoms with E-state index in [9.17, 15) is 4.79 Å². The van der Waals surface area contributed by atoms with E-state index in [0.717, 1.165) is 29.9 Å². The topological polar surface area (TPSA) is 23.6 Å². The Balaban J connectivity index is 1.85. The largest absolute Gasteiger partial charge is 0.313 e. The summed E-state index contributed by atoms with van der Waals surface area (Å²) in [5, 5.41) is 0. The molecule has 3 aromatic rings. The Morgan fingerprint density at radius 3 is 2.38 bits per heavy atom. The minimum atomic E-state index is -0.540. The summed E-state index contributed by atoms with van der Waals surface area (Å²) in [5.74, 6) is 0.116. The van der Waals surface area contributed by atoms with Gasteiger partial charge in [0, 0.05) is 17.8 Å². The highest BCUT2D eigenvalue weighted by molar-refractivity contribution is 6.04. The molecular formula is C23H20N2O. The molecule has 26 heavy (non-hydrogen) atoms. The van der Waals surface area contributed by atoms with Crippen molar-refractivity contribution < 1.29 is 4.79 Å². The summed E-state index contributed by atoms with van der Waals surface area (Å²) < 4.78 is 0. The first-order valence-electron chi connectivity index (χ1n) is 9.06. The maximum Gasteiger partial charge on any atom is 0.258 e. The Morgan fingerprint density at radius 1 is 0.846 bits per heavy atom. The van der Waals surface area contributed by atoms with E-state index in [-0.39, 0.29) is 5.91 Å². The number of anilines is 2. The Labute approximate surface area is 153 Å². The molecule has 3 heteroatoms. The van der Waals surface area contributed by atoms with E-state index >= 15 is 0 Å². The zero-order valence-electron chi connectivity index (χ0n) is 14.7. The third-order valence-corrected chi connectivity index (χ3v) is 5.73. The van der Waals surface area contributed by atoms with Gasteiger partial charge in [0.15, 0.2) is 0 Å². The summed E-state index contributed by atoms with van der Waals surface area (Å²) in [4.78, 5) is 17.7. The number of hydrogen-bond donors (Lipinski definition) is 0. The van der Waals surface area contributed by atoms with Crippen molar-refractivity contribution in [2.45, 2.75) is 19.0 Å². The summed E-state index contributed by atoms with van der Waals surface area (Å²) in [7, 11) is 0. The van der Waals surface area contributed by atoms with E-state index in [4.69, 9.17) is 0 Å². The molecule has 2 aliphatic heterocycles. The maximum absolute atomic E-state index is 13.3. The monoisotopic (exact) mass is 340 g/mol. The average molecular weight is 340 g/mol. The van der Waals surface area contributed by atoms with E-state index in [1.165, 1.54) is 11.1 Å². The van der Waals surface area contributed by atoms with Crippen molar-refractivity contribution >= 4 is 17.3 Å². The Kier molecular flexibility index (Phi) is 3.20. The number of para-hydroxylation sites is 2. The molecule has 2 aliphatic rings. The van der Waals surface area contributed by atoms with Crippen LogP contribution in [0.25, 0.3) is 0 Å². The summed E-state index contributed by atoms with van der Waals surface area (Å²) in [5.41, 5.74) is 4.82. The number of fused-ring (bicyclic) bond motifs is 4. The summed E-state index contributed by atoms with van der Waals surface area (Å²) in [6.45, 7) is 2.90. The molecule has 0 N–H and O–H groups in total. The van der Waals surface area contributed by atoms with Crippen molar-refractivity contribution in [2.75, 3.05) is 11.4 Å². The summed E-state index contributed by atoms with van der Waals surface area (Å²) in [6.07, 6.45) is 0.891. The van der Waals surface area contributed by atoms with Gasteiger partial charge in [-0.3, -0.25) is 4.79 Å². The van der Waals surface area contributed by atoms with Crippen molar-refractivity contribution in [2.24, 2.45) is 0 Å². The van der Waals surface area contributed by atoms with Gasteiger partial charge in [-0.1, -0.05) is 54.6 Å². The number of amides is 1. The van der Waals surface area contributed by atoms with Gasteiger partial charge in [0.25, 0.3) is 5.91 Å². The number of hydrogen-bond acceptors (Lipinski definition) is 2. The number of carbonyl (C=O) groups is 1. The summed E-state index contributed by atoms with van der Waals surface area (Å²) in [6, 6.07) is 26.8. The van der Waals surface area contributed by atoms with Crippen LogP contribution >= 0.6 is 0 Å². The highest BCUT2D eigenvalue weighted by Crippen LogP contribution is 2.49. The highest BCUT2D eigenvalue weighted by atomic mass is 16.2. The van der Waals surface area contributed by atoms with Gasteiger partial charge in [-0.15, -0.1) is 0 Å². The fourth-order valence-electron chi connectivity index (χ4n) is 4.53. The molecule has 2 heterocycles. The van der Waals surface area contributed by atoms with Gasteiger partial charge in [0.05, 0.1) is 11.3 Å². The van der Waals surface area contributed by atoms with Gasteiger partial charge in [-0.25, -0.2) is 0 Å². The van der Waals surface area contributed by atoms with E-state index in [1.54, 1.807) is 0 Å². The van der Waals surface area contributed by atoms with Crippen molar-refractivity contribution in [1.82, 2.24) is 4.90 Å². The number of benzene rings is 3. The Morgan fingerprint density at radius 2 is 1.54 bits per heavy atom. The first-order valence-corrected chi connectivity index (χ1v) is 9.06. The van der Waals surface area contributed by atoms with Crippen LogP contribution in [0, 0.1) is 0 Å². The molecule has 1 atom stereocenters. The normalized spacial score (nSPS) is 21.0. The lowest BCUT2D eigenvalue weighted by Crippen LogP contribution is -2.62. The van der Waals surface area contributed by atoms with Crippen LogP contribution in [0.4, 0.5) is 11.4 Å². The number of rotatable bonds is 1. The lowest BCUT2D eigenvalue weighted by atomic mass is 9.83. The minimum absolute atomic E-state index is 0.116. The summed E-state index contributed by atoms with van der Waals surface area (Å²) >= 11 is 0. The number of carbonyl (C=O) groups excluding carboxylic acids is 1. The van der Waals surface area contributed by atoms with Crippen molar-refractivity contribution in [3.8, 4) is 0 Å². The molecule has 1 amide bonds. The molecule has 5 rings (SSSR count). The average Bonchev–Trinajstić information content (AvgIpc) is 2.69. The van der Waals surface area contributed by atoms with Crippen LogP contribution in [0.15, 0.2) is 78.9 Å². The zero-order chi connectivity index (χ0) is 17.7. The second kappa shape index (κ2) is 5.46. The Hall–Kier alpha value is -3.07. The van der Waals surface area contributed by atoms with Crippen LogP contribution in [-0.4, -0.2) is 17.4 Å². The van der Waals surface area contributed by atoms with Gasteiger partial charge in [-0.05, 0) is 43.2 Å². The third kappa shape index (κ3) is 1.91. The molecule has 0 saturated carbocycles. The molecule has 0 saturated heterocycles. The second-order valence-corrected chi connectivity index (χ2v) is 7.07. The zero-order valence-corrected chi connectivity index (χ0v) is 14.7. The SMILES string of the molecule is C[C@@]12c3ccccc3CCN1C(=O)c1ccccc1N2c1ccccc1. The molecule has 3 aromatic carbocycles. The van der Waals surface area contributed by atoms with E-state index in [1.807, 2.05) is 29.2 Å². The van der Waals surface area contributed by atoms with Gasteiger partial charge < -0.3 is 9.80 Å². The molecule has 3 nitrogen and oxygen atoms in total. The van der Waals surface area contributed by atoms with Crippen LogP contribution in [0.3, 0.4) is 0 Å². The van der Waals surface area contributed by atoms with Crippen LogP contribution in [0.1, 0.15) is 28.4 Å². The number of nitrogens with zero attached hydrogens (tertiary/aromatic N) is 2. The predicted octanol–water partition coefficient (Wildman–Crippen LogP) is 4.71. The highest BCUT2D eigenvalue weighted by Gasteiger charge is 2.50. The van der Waals surface area contributed by atoms with Crippen LogP contribution in [0.5, 0.6) is 0 Å². The molecule has 0 spiro atoms. The van der Waals surface area contributed by atoms with Crippen molar-refractivity contribution in [3.63, 3.8) is 0 Å². The van der Waals surface area contributed by atoms with Gasteiger partial charge in [-0.2, -0.15) is 0 Å². The molecule has 128 valence electrons. The van der Waals surface area contributed by atoms with Gasteiger partial charge in [0.1, 0.15) is 5.66 Å². The predicted molar refractivity (Wildman–Crippen MR) is 104 cm³/mol. The standard InChI is InChI=1S/C23H20N2O/c1-23-20-13-7-5-9-17(20)15-16-24(23)22(26)19-12-6-8-14-21(19)25(23)18-10-3-2-4-11-18/h2-14H,15-16H2,1H3/t23-/m1/s1. The molecule has 0 radical (unpaired) electrons. The molecule has 0 aliphatic carbocycles. The first kappa shape index (κ1) is 15.2. The van der Waals surface area contributed by atoms with Crippen molar-refractivity contribution in [3.05, 3.63) is 95.6 Å². The third-order valence-electron chi connectivity index (χ3n) is 5.73. The lowest BCUT2D eigenvalue weighted by Gasteiger charge is -2.56. The molecule has 0 bridgehead atoms. The van der Waals surface area contributed by atoms with Crippen LogP contribution in [0.2, 0.25) is 0 Å². The smallest absolute Gasteiger partial charge is 0.258 e.